The largest absolute Gasteiger partial charge is 0.348 e. The molecule has 0 aliphatic rings. The van der Waals surface area contributed by atoms with Gasteiger partial charge in [0.05, 0.1) is 11.1 Å². The molecule has 0 saturated heterocycles. The van der Waals surface area contributed by atoms with Gasteiger partial charge in [0.25, 0.3) is 11.8 Å². The third-order valence-electron chi connectivity index (χ3n) is 4.36. The van der Waals surface area contributed by atoms with Gasteiger partial charge in [0.15, 0.2) is 5.78 Å². The minimum absolute atomic E-state index is 0.0880. The second-order valence-corrected chi connectivity index (χ2v) is 6.72. The van der Waals surface area contributed by atoms with Crippen molar-refractivity contribution in [2.24, 2.45) is 0 Å². The van der Waals surface area contributed by atoms with E-state index in [0.29, 0.717) is 23.4 Å². The number of hydrogen-bond acceptors (Lipinski definition) is 4. The van der Waals surface area contributed by atoms with Crippen LogP contribution in [0.3, 0.4) is 0 Å². The zero-order valence-corrected chi connectivity index (χ0v) is 16.2. The minimum Gasteiger partial charge on any atom is -0.348 e. The highest BCUT2D eigenvalue weighted by molar-refractivity contribution is 6.06. The molecule has 1 aromatic heterocycles. The van der Waals surface area contributed by atoms with Crippen LogP contribution in [0.25, 0.3) is 0 Å². The fraction of sp³-hybridized carbons (Fsp3) is 0.130. The molecule has 3 aromatic rings. The second kappa shape index (κ2) is 8.93. The number of carbonyl (C=O) groups excluding carboxylic acids is 3. The number of hydrogen-bond donors (Lipinski definition) is 2. The van der Waals surface area contributed by atoms with Crippen molar-refractivity contribution in [2.75, 3.05) is 5.32 Å². The smallest absolute Gasteiger partial charge is 0.257 e. The molecule has 0 spiro atoms. The number of Topliss-reactive ketones (excluding diaryl/α,β-unsaturated/α-hetero) is 1. The molecule has 146 valence electrons. The Morgan fingerprint density at radius 3 is 2.24 bits per heavy atom. The van der Waals surface area contributed by atoms with E-state index in [4.69, 9.17) is 0 Å². The molecule has 0 fully saturated rings. The number of nitrogens with one attached hydrogen (secondary N) is 2. The average molecular weight is 387 g/mol. The summed E-state index contributed by atoms with van der Waals surface area (Å²) >= 11 is 0. The van der Waals surface area contributed by atoms with E-state index in [9.17, 15) is 14.4 Å². The maximum Gasteiger partial charge on any atom is 0.257 e. The van der Waals surface area contributed by atoms with Gasteiger partial charge in [0, 0.05) is 30.2 Å². The summed E-state index contributed by atoms with van der Waals surface area (Å²) in [4.78, 5) is 40.4. The van der Waals surface area contributed by atoms with Gasteiger partial charge in [-0.15, -0.1) is 0 Å². The van der Waals surface area contributed by atoms with Gasteiger partial charge < -0.3 is 10.6 Å². The highest BCUT2D eigenvalue weighted by Gasteiger charge is 2.12. The lowest BCUT2D eigenvalue weighted by Crippen LogP contribution is -2.23. The van der Waals surface area contributed by atoms with Crippen molar-refractivity contribution in [3.05, 3.63) is 94.8 Å². The van der Waals surface area contributed by atoms with Crippen molar-refractivity contribution in [1.82, 2.24) is 10.3 Å². The summed E-state index contributed by atoms with van der Waals surface area (Å²) in [7, 11) is 0. The SMILES string of the molecule is CC(=O)c1cccc(NC(=O)c2cncc(C(=O)NCc3ccc(C)cc3)c2)c1. The standard InChI is InChI=1S/C23H21N3O3/c1-15-6-8-17(9-7-15)12-25-22(28)19-10-20(14-24-13-19)23(29)26-21-5-3-4-18(11-21)16(2)27/h3-11,13-14H,12H2,1-2H3,(H,25,28)(H,26,29). The number of aromatic nitrogens is 1. The summed E-state index contributed by atoms with van der Waals surface area (Å²) in [5, 5.41) is 5.54. The zero-order chi connectivity index (χ0) is 20.8. The molecule has 0 aliphatic carbocycles. The van der Waals surface area contributed by atoms with Crippen LogP contribution in [0, 0.1) is 6.92 Å². The summed E-state index contributed by atoms with van der Waals surface area (Å²) in [5.74, 6) is -0.812. The number of rotatable bonds is 6. The van der Waals surface area contributed by atoms with E-state index in [2.05, 4.69) is 15.6 Å². The van der Waals surface area contributed by atoms with Crippen molar-refractivity contribution >= 4 is 23.3 Å². The molecule has 0 unspecified atom stereocenters. The van der Waals surface area contributed by atoms with E-state index < -0.39 is 5.91 Å². The van der Waals surface area contributed by atoms with E-state index in [1.165, 1.54) is 25.4 Å². The van der Waals surface area contributed by atoms with Crippen LogP contribution in [0.15, 0.2) is 67.0 Å². The Balaban J connectivity index is 1.67. The first kappa shape index (κ1) is 19.9. The summed E-state index contributed by atoms with van der Waals surface area (Å²) in [6.07, 6.45) is 2.80. The Kier molecular flexibility index (Phi) is 6.14. The first-order valence-electron chi connectivity index (χ1n) is 9.13. The first-order valence-corrected chi connectivity index (χ1v) is 9.13. The Hall–Kier alpha value is -3.80. The van der Waals surface area contributed by atoms with Crippen LogP contribution in [-0.2, 0) is 6.54 Å². The van der Waals surface area contributed by atoms with E-state index >= 15 is 0 Å². The summed E-state index contributed by atoms with van der Waals surface area (Å²) < 4.78 is 0. The maximum atomic E-state index is 12.5. The third kappa shape index (κ3) is 5.35. The number of benzene rings is 2. The molecule has 1 heterocycles. The fourth-order valence-electron chi connectivity index (χ4n) is 2.70. The lowest BCUT2D eigenvalue weighted by Gasteiger charge is -2.08. The lowest BCUT2D eigenvalue weighted by molar-refractivity contribution is 0.0949. The summed E-state index contributed by atoms with van der Waals surface area (Å²) in [6, 6.07) is 16.0. The van der Waals surface area contributed by atoms with Crippen LogP contribution >= 0.6 is 0 Å². The Bertz CT molecular complexity index is 1060. The first-order chi connectivity index (χ1) is 13.9. The van der Waals surface area contributed by atoms with Gasteiger partial charge in [0.2, 0.25) is 0 Å². The minimum atomic E-state index is -0.411. The van der Waals surface area contributed by atoms with Gasteiger partial charge in [-0.25, -0.2) is 0 Å². The molecule has 0 aliphatic heterocycles. The van der Waals surface area contributed by atoms with E-state index in [0.717, 1.165) is 11.1 Å². The number of carbonyl (C=O) groups is 3. The molecule has 3 rings (SSSR count). The van der Waals surface area contributed by atoms with Gasteiger partial charge in [-0.2, -0.15) is 0 Å². The predicted octanol–water partition coefficient (Wildman–Crippen LogP) is 3.77. The van der Waals surface area contributed by atoms with Crippen molar-refractivity contribution in [2.45, 2.75) is 20.4 Å². The molecule has 2 aromatic carbocycles. The van der Waals surface area contributed by atoms with Gasteiger partial charge >= 0.3 is 0 Å². The van der Waals surface area contributed by atoms with E-state index in [-0.39, 0.29) is 17.3 Å². The Labute approximate surface area is 169 Å². The van der Waals surface area contributed by atoms with Gasteiger partial charge in [-0.05, 0) is 37.6 Å². The zero-order valence-electron chi connectivity index (χ0n) is 16.2. The number of ketones is 1. The molecule has 0 atom stereocenters. The van der Waals surface area contributed by atoms with Crippen LogP contribution in [0.2, 0.25) is 0 Å². The molecule has 6 nitrogen and oxygen atoms in total. The number of amides is 2. The molecule has 6 heteroatoms. The van der Waals surface area contributed by atoms with Gasteiger partial charge in [0.1, 0.15) is 0 Å². The number of nitrogens with zero attached hydrogens (tertiary/aromatic N) is 1. The van der Waals surface area contributed by atoms with Crippen molar-refractivity contribution in [1.29, 1.82) is 0 Å². The van der Waals surface area contributed by atoms with Crippen LogP contribution in [0.1, 0.15) is 49.1 Å². The van der Waals surface area contributed by atoms with E-state index in [1.54, 1.807) is 24.3 Å². The molecule has 0 radical (unpaired) electrons. The maximum absolute atomic E-state index is 12.5. The monoisotopic (exact) mass is 387 g/mol. The highest BCUT2D eigenvalue weighted by Crippen LogP contribution is 2.13. The molecular weight excluding hydrogens is 366 g/mol. The molecule has 29 heavy (non-hydrogen) atoms. The van der Waals surface area contributed by atoms with Crippen LogP contribution in [-0.4, -0.2) is 22.6 Å². The molecule has 0 saturated carbocycles. The highest BCUT2D eigenvalue weighted by atomic mass is 16.2. The Morgan fingerprint density at radius 1 is 0.862 bits per heavy atom. The van der Waals surface area contributed by atoms with E-state index in [1.807, 2.05) is 31.2 Å². The van der Waals surface area contributed by atoms with Crippen molar-refractivity contribution in [3.8, 4) is 0 Å². The van der Waals surface area contributed by atoms with Crippen LogP contribution in [0.4, 0.5) is 5.69 Å². The average Bonchev–Trinajstić information content (AvgIpc) is 2.73. The number of anilines is 1. The quantitative estimate of drug-likeness (QED) is 0.630. The lowest BCUT2D eigenvalue weighted by atomic mass is 10.1. The summed E-state index contributed by atoms with van der Waals surface area (Å²) in [6.45, 7) is 3.85. The van der Waals surface area contributed by atoms with Gasteiger partial charge in [-0.3, -0.25) is 19.4 Å². The molecule has 2 amide bonds. The molecule has 0 bridgehead atoms. The number of aryl methyl sites for hydroxylation is 1. The molecular formula is C23H21N3O3. The Morgan fingerprint density at radius 2 is 1.55 bits per heavy atom. The molecule has 2 N–H and O–H groups in total. The summed E-state index contributed by atoms with van der Waals surface area (Å²) in [5.41, 5.74) is 3.68. The van der Waals surface area contributed by atoms with Crippen molar-refractivity contribution < 1.29 is 14.4 Å². The normalized spacial score (nSPS) is 10.3. The second-order valence-electron chi connectivity index (χ2n) is 6.72. The van der Waals surface area contributed by atoms with Crippen LogP contribution in [0.5, 0.6) is 0 Å². The topological polar surface area (TPSA) is 88.2 Å². The number of pyridine rings is 1. The third-order valence-corrected chi connectivity index (χ3v) is 4.36. The van der Waals surface area contributed by atoms with Gasteiger partial charge in [-0.1, -0.05) is 42.0 Å². The van der Waals surface area contributed by atoms with Crippen molar-refractivity contribution in [3.63, 3.8) is 0 Å². The van der Waals surface area contributed by atoms with Crippen LogP contribution < -0.4 is 10.6 Å². The fourth-order valence-corrected chi connectivity index (χ4v) is 2.70. The predicted molar refractivity (Wildman–Crippen MR) is 111 cm³/mol.